The van der Waals surface area contributed by atoms with E-state index in [0.29, 0.717) is 12.1 Å². The highest BCUT2D eigenvalue weighted by Crippen LogP contribution is 2.28. The van der Waals surface area contributed by atoms with Crippen LogP contribution in [0.2, 0.25) is 0 Å². The van der Waals surface area contributed by atoms with E-state index in [-0.39, 0.29) is 0 Å². The summed E-state index contributed by atoms with van der Waals surface area (Å²) in [6.45, 7) is 0.887. The van der Waals surface area contributed by atoms with Crippen LogP contribution in [0.3, 0.4) is 0 Å². The summed E-state index contributed by atoms with van der Waals surface area (Å²) in [5.41, 5.74) is 6.64. The summed E-state index contributed by atoms with van der Waals surface area (Å²) in [7, 11) is 0. The monoisotopic (exact) mass is 261 g/mol. The Morgan fingerprint density at radius 2 is 2.22 bits per heavy atom. The zero-order chi connectivity index (χ0) is 12.4. The highest BCUT2D eigenvalue weighted by molar-refractivity contribution is 7.99. The molecule has 3 rings (SSSR count). The normalized spacial score (nSPS) is 19.4. The molecule has 2 N–H and O–H groups in total. The van der Waals surface area contributed by atoms with Gasteiger partial charge in [-0.25, -0.2) is 9.97 Å². The van der Waals surface area contributed by atoms with Crippen molar-refractivity contribution in [2.45, 2.75) is 24.0 Å². The lowest BCUT2D eigenvalue weighted by Gasteiger charge is -2.10. The first-order chi connectivity index (χ1) is 8.83. The van der Waals surface area contributed by atoms with Gasteiger partial charge in [0.25, 0.3) is 0 Å². The van der Waals surface area contributed by atoms with Crippen molar-refractivity contribution in [2.24, 2.45) is 0 Å². The number of nitrogens with zero attached hydrogens (tertiary/aromatic N) is 2. The summed E-state index contributed by atoms with van der Waals surface area (Å²) >= 11 is 1.71. The Kier molecular flexibility index (Phi) is 3.34. The second-order valence-electron chi connectivity index (χ2n) is 4.35. The molecule has 0 aliphatic carbocycles. The number of nitrogen functional groups attached to an aromatic ring is 1. The molecular weight excluding hydrogens is 246 g/mol. The van der Waals surface area contributed by atoms with Crippen molar-refractivity contribution in [1.82, 2.24) is 9.97 Å². The molecule has 1 aromatic heterocycles. The van der Waals surface area contributed by atoms with Gasteiger partial charge in [-0.3, -0.25) is 0 Å². The molecule has 1 aliphatic heterocycles. The van der Waals surface area contributed by atoms with Crippen LogP contribution in [-0.4, -0.2) is 28.4 Å². The summed E-state index contributed by atoms with van der Waals surface area (Å²) in [6, 6.07) is 7.96. The van der Waals surface area contributed by atoms with Crippen LogP contribution < -0.4 is 5.73 Å². The van der Waals surface area contributed by atoms with Crippen molar-refractivity contribution in [3.63, 3.8) is 0 Å². The van der Waals surface area contributed by atoms with Crippen LogP contribution in [0.25, 0.3) is 10.9 Å². The molecule has 1 unspecified atom stereocenters. The fraction of sp³-hybridized carbons (Fsp3) is 0.385. The third-order valence-electron chi connectivity index (χ3n) is 3.02. The van der Waals surface area contributed by atoms with Gasteiger partial charge in [0.1, 0.15) is 5.03 Å². The second kappa shape index (κ2) is 5.12. The molecule has 0 radical (unpaired) electrons. The minimum Gasteiger partial charge on any atom is -0.377 e. The minimum absolute atomic E-state index is 0.337. The van der Waals surface area contributed by atoms with Gasteiger partial charge in [-0.05, 0) is 18.9 Å². The van der Waals surface area contributed by atoms with Gasteiger partial charge < -0.3 is 10.5 Å². The van der Waals surface area contributed by atoms with Gasteiger partial charge in [0.05, 0.1) is 11.6 Å². The number of nitrogens with two attached hydrogens (primary N) is 1. The van der Waals surface area contributed by atoms with E-state index in [1.807, 2.05) is 24.3 Å². The number of benzene rings is 1. The van der Waals surface area contributed by atoms with Crippen LogP contribution in [0.4, 0.5) is 5.95 Å². The third kappa shape index (κ3) is 2.42. The van der Waals surface area contributed by atoms with Crippen molar-refractivity contribution in [3.8, 4) is 0 Å². The maximum atomic E-state index is 5.74. The molecule has 0 bridgehead atoms. The summed E-state index contributed by atoms with van der Waals surface area (Å²) < 4.78 is 5.62. The van der Waals surface area contributed by atoms with E-state index in [0.717, 1.165) is 41.1 Å². The van der Waals surface area contributed by atoms with E-state index < -0.39 is 0 Å². The first-order valence-corrected chi connectivity index (χ1v) is 7.08. The Morgan fingerprint density at radius 3 is 3.06 bits per heavy atom. The SMILES string of the molecule is Nc1nc(SCC2CCCO2)c2ccccc2n1. The number of rotatable bonds is 3. The van der Waals surface area contributed by atoms with Gasteiger partial charge in [0.2, 0.25) is 5.95 Å². The minimum atomic E-state index is 0.337. The van der Waals surface area contributed by atoms with Gasteiger partial charge in [0.15, 0.2) is 0 Å². The zero-order valence-electron chi connectivity index (χ0n) is 10.0. The molecule has 0 saturated carbocycles. The summed E-state index contributed by atoms with van der Waals surface area (Å²) in [5, 5.41) is 2.02. The summed E-state index contributed by atoms with van der Waals surface area (Å²) in [4.78, 5) is 8.57. The van der Waals surface area contributed by atoms with Crippen LogP contribution in [0.15, 0.2) is 29.3 Å². The molecule has 2 heterocycles. The lowest BCUT2D eigenvalue weighted by molar-refractivity contribution is 0.129. The Hall–Kier alpha value is -1.33. The number of para-hydroxylation sites is 1. The lowest BCUT2D eigenvalue weighted by atomic mass is 10.2. The highest BCUT2D eigenvalue weighted by atomic mass is 32.2. The van der Waals surface area contributed by atoms with Gasteiger partial charge >= 0.3 is 0 Å². The molecule has 5 heteroatoms. The van der Waals surface area contributed by atoms with E-state index in [2.05, 4.69) is 9.97 Å². The van der Waals surface area contributed by atoms with Crippen molar-refractivity contribution >= 4 is 28.6 Å². The second-order valence-corrected chi connectivity index (χ2v) is 5.36. The number of fused-ring (bicyclic) bond motifs is 1. The van der Waals surface area contributed by atoms with E-state index in [1.54, 1.807) is 11.8 Å². The predicted octanol–water partition coefficient (Wildman–Crippen LogP) is 2.48. The molecular formula is C13H15N3OS. The number of anilines is 1. The predicted molar refractivity (Wildman–Crippen MR) is 73.6 cm³/mol. The Labute approximate surface area is 110 Å². The molecule has 1 fully saturated rings. The molecule has 1 aliphatic rings. The zero-order valence-corrected chi connectivity index (χ0v) is 10.8. The van der Waals surface area contributed by atoms with Crippen molar-refractivity contribution in [1.29, 1.82) is 0 Å². The van der Waals surface area contributed by atoms with Crippen molar-refractivity contribution < 1.29 is 4.74 Å². The van der Waals surface area contributed by atoms with Crippen molar-refractivity contribution in [3.05, 3.63) is 24.3 Å². The van der Waals surface area contributed by atoms with E-state index in [9.17, 15) is 0 Å². The fourth-order valence-electron chi connectivity index (χ4n) is 2.12. The first kappa shape index (κ1) is 11.7. The number of thioether (sulfide) groups is 1. The quantitative estimate of drug-likeness (QED) is 0.679. The van der Waals surface area contributed by atoms with Crippen molar-refractivity contribution in [2.75, 3.05) is 18.1 Å². The number of ether oxygens (including phenoxy) is 1. The standard InChI is InChI=1S/C13H15N3OS/c14-13-15-11-6-2-1-5-10(11)12(16-13)18-8-9-4-3-7-17-9/h1-2,5-6,9H,3-4,7-8H2,(H2,14,15,16). The molecule has 94 valence electrons. The average molecular weight is 261 g/mol. The third-order valence-corrected chi connectivity index (χ3v) is 4.14. The van der Waals surface area contributed by atoms with Gasteiger partial charge in [-0.1, -0.05) is 18.2 Å². The van der Waals surface area contributed by atoms with E-state index >= 15 is 0 Å². The molecule has 0 spiro atoms. The molecule has 0 amide bonds. The van der Waals surface area contributed by atoms with Crippen LogP contribution in [-0.2, 0) is 4.74 Å². The molecule has 4 nitrogen and oxygen atoms in total. The topological polar surface area (TPSA) is 61.0 Å². The highest BCUT2D eigenvalue weighted by Gasteiger charge is 2.17. The smallest absolute Gasteiger partial charge is 0.221 e. The van der Waals surface area contributed by atoms with E-state index in [4.69, 9.17) is 10.5 Å². The van der Waals surface area contributed by atoms with Crippen LogP contribution in [0.5, 0.6) is 0 Å². The average Bonchev–Trinajstić information content (AvgIpc) is 2.89. The number of aromatic nitrogens is 2. The Balaban J connectivity index is 1.85. The van der Waals surface area contributed by atoms with E-state index in [1.165, 1.54) is 0 Å². The molecule has 1 aromatic carbocycles. The molecule has 18 heavy (non-hydrogen) atoms. The summed E-state index contributed by atoms with van der Waals surface area (Å²) in [6.07, 6.45) is 2.66. The van der Waals surface area contributed by atoms with Crippen LogP contribution in [0.1, 0.15) is 12.8 Å². The molecule has 2 aromatic rings. The first-order valence-electron chi connectivity index (χ1n) is 6.09. The molecule has 1 saturated heterocycles. The van der Waals surface area contributed by atoms with Gasteiger partial charge in [-0.2, -0.15) is 0 Å². The number of hydrogen-bond acceptors (Lipinski definition) is 5. The van der Waals surface area contributed by atoms with Gasteiger partial charge in [0, 0.05) is 17.7 Å². The molecule has 1 atom stereocenters. The number of hydrogen-bond donors (Lipinski definition) is 1. The maximum Gasteiger partial charge on any atom is 0.221 e. The van der Waals surface area contributed by atoms with Crippen LogP contribution in [0, 0.1) is 0 Å². The fourth-order valence-corrected chi connectivity index (χ4v) is 3.22. The Morgan fingerprint density at radius 1 is 1.33 bits per heavy atom. The summed E-state index contributed by atoms with van der Waals surface area (Å²) in [5.74, 6) is 1.27. The Bertz CT molecular complexity index is 555. The maximum absolute atomic E-state index is 5.74. The largest absolute Gasteiger partial charge is 0.377 e. The lowest BCUT2D eigenvalue weighted by Crippen LogP contribution is -2.08. The van der Waals surface area contributed by atoms with Gasteiger partial charge in [-0.15, -0.1) is 11.8 Å². The van der Waals surface area contributed by atoms with Crippen LogP contribution >= 0.6 is 11.8 Å².